The number of fused-ring (bicyclic) bond motifs is 2. The molecule has 0 atom stereocenters. The minimum Gasteiger partial charge on any atom is -0.496 e. The number of ether oxygens (including phenoxy) is 1. The van der Waals surface area contributed by atoms with Crippen molar-refractivity contribution in [1.29, 1.82) is 0 Å². The van der Waals surface area contributed by atoms with E-state index in [0.717, 1.165) is 31.3 Å². The second-order valence-corrected chi connectivity index (χ2v) is 6.70. The fraction of sp³-hybridized carbons (Fsp3) is 0.227. The molecule has 0 bridgehead atoms. The van der Waals surface area contributed by atoms with Crippen LogP contribution in [0.3, 0.4) is 0 Å². The number of hydrogen-bond acceptors (Lipinski definition) is 4. The molecule has 0 unspecified atom stereocenters. The van der Waals surface area contributed by atoms with Crippen molar-refractivity contribution in [2.75, 3.05) is 12.4 Å². The predicted octanol–water partition coefficient (Wildman–Crippen LogP) is 3.91. The van der Waals surface area contributed by atoms with E-state index in [-0.39, 0.29) is 28.6 Å². The molecule has 0 aliphatic heterocycles. The average molecular weight is 361 g/mol. The first kappa shape index (κ1) is 17.2. The van der Waals surface area contributed by atoms with Crippen molar-refractivity contribution >= 4 is 23.2 Å². The van der Waals surface area contributed by atoms with Gasteiger partial charge in [-0.25, -0.2) is 0 Å². The van der Waals surface area contributed by atoms with Crippen LogP contribution in [-0.2, 0) is 4.79 Å². The molecule has 2 aromatic carbocycles. The number of carbonyl (C=O) groups is 3. The Balaban J connectivity index is 1.82. The van der Waals surface area contributed by atoms with Crippen LogP contribution in [0.25, 0.3) is 0 Å². The molecule has 1 N–H and O–H groups in total. The SMILES string of the molecule is COc1ccc(NC(=O)C2=CCCCC2)c2c1C(=O)c1ccccc1C2=O. The quantitative estimate of drug-likeness (QED) is 0.768. The highest BCUT2D eigenvalue weighted by molar-refractivity contribution is 6.31. The van der Waals surface area contributed by atoms with E-state index in [1.807, 2.05) is 6.08 Å². The van der Waals surface area contributed by atoms with Crippen LogP contribution in [0.15, 0.2) is 48.0 Å². The van der Waals surface area contributed by atoms with Gasteiger partial charge in [0.15, 0.2) is 11.6 Å². The molecule has 1 amide bonds. The molecule has 4 rings (SSSR count). The van der Waals surface area contributed by atoms with Gasteiger partial charge in [0, 0.05) is 16.7 Å². The molecule has 2 aliphatic rings. The molecule has 0 spiro atoms. The van der Waals surface area contributed by atoms with E-state index < -0.39 is 0 Å². The van der Waals surface area contributed by atoms with Crippen molar-refractivity contribution in [3.8, 4) is 5.75 Å². The lowest BCUT2D eigenvalue weighted by Crippen LogP contribution is -2.25. The molecule has 27 heavy (non-hydrogen) atoms. The Labute approximate surface area is 157 Å². The Hall–Kier alpha value is -3.21. The summed E-state index contributed by atoms with van der Waals surface area (Å²) in [4.78, 5) is 38.8. The zero-order valence-electron chi connectivity index (χ0n) is 15.0. The minimum absolute atomic E-state index is 0.197. The van der Waals surface area contributed by atoms with E-state index in [1.54, 1.807) is 36.4 Å². The van der Waals surface area contributed by atoms with Crippen molar-refractivity contribution in [2.45, 2.75) is 25.7 Å². The van der Waals surface area contributed by atoms with Crippen molar-refractivity contribution in [1.82, 2.24) is 0 Å². The van der Waals surface area contributed by atoms with Crippen molar-refractivity contribution in [3.05, 3.63) is 70.3 Å². The van der Waals surface area contributed by atoms with E-state index in [0.29, 0.717) is 22.6 Å². The number of carbonyl (C=O) groups excluding carboxylic acids is 3. The third-order valence-corrected chi connectivity index (χ3v) is 5.09. The molecule has 0 aromatic heterocycles. The van der Waals surface area contributed by atoms with Gasteiger partial charge in [0.2, 0.25) is 0 Å². The Morgan fingerprint density at radius 1 is 0.963 bits per heavy atom. The van der Waals surface area contributed by atoms with Gasteiger partial charge in [0.1, 0.15) is 5.75 Å². The van der Waals surface area contributed by atoms with Crippen LogP contribution in [-0.4, -0.2) is 24.6 Å². The average Bonchev–Trinajstić information content (AvgIpc) is 2.72. The van der Waals surface area contributed by atoms with Gasteiger partial charge < -0.3 is 10.1 Å². The van der Waals surface area contributed by atoms with E-state index in [4.69, 9.17) is 4.74 Å². The number of nitrogens with one attached hydrogen (secondary N) is 1. The minimum atomic E-state index is -0.285. The number of allylic oxidation sites excluding steroid dienone is 1. The van der Waals surface area contributed by atoms with Crippen molar-refractivity contribution in [3.63, 3.8) is 0 Å². The molecule has 0 heterocycles. The molecule has 5 nitrogen and oxygen atoms in total. The van der Waals surface area contributed by atoms with E-state index in [2.05, 4.69) is 5.32 Å². The highest BCUT2D eigenvalue weighted by Gasteiger charge is 2.34. The predicted molar refractivity (Wildman–Crippen MR) is 101 cm³/mol. The second-order valence-electron chi connectivity index (χ2n) is 6.70. The number of rotatable bonds is 3. The summed E-state index contributed by atoms with van der Waals surface area (Å²) in [5.41, 5.74) is 2.16. The first-order chi connectivity index (χ1) is 13.1. The van der Waals surface area contributed by atoms with Gasteiger partial charge in [-0.3, -0.25) is 14.4 Å². The van der Waals surface area contributed by atoms with Crippen molar-refractivity contribution < 1.29 is 19.1 Å². The van der Waals surface area contributed by atoms with Crippen LogP contribution < -0.4 is 10.1 Å². The first-order valence-corrected chi connectivity index (χ1v) is 9.01. The molecule has 0 radical (unpaired) electrons. The summed E-state index contributed by atoms with van der Waals surface area (Å²) in [6.45, 7) is 0. The smallest absolute Gasteiger partial charge is 0.251 e. The normalized spacial score (nSPS) is 15.5. The lowest BCUT2D eigenvalue weighted by atomic mass is 9.82. The van der Waals surface area contributed by atoms with Gasteiger partial charge in [-0.2, -0.15) is 0 Å². The summed E-state index contributed by atoms with van der Waals surface area (Å²) in [7, 11) is 1.46. The maximum absolute atomic E-state index is 13.1. The maximum Gasteiger partial charge on any atom is 0.251 e. The number of benzene rings is 2. The molecule has 5 heteroatoms. The summed E-state index contributed by atoms with van der Waals surface area (Å²) in [5, 5.41) is 2.84. The van der Waals surface area contributed by atoms with Crippen LogP contribution in [0, 0.1) is 0 Å². The van der Waals surface area contributed by atoms with Crippen LogP contribution in [0.5, 0.6) is 5.75 Å². The third kappa shape index (κ3) is 2.85. The Morgan fingerprint density at radius 3 is 2.30 bits per heavy atom. The number of methoxy groups -OCH3 is 1. The van der Waals surface area contributed by atoms with Gasteiger partial charge in [0.25, 0.3) is 5.91 Å². The number of anilines is 1. The summed E-state index contributed by atoms with van der Waals surface area (Å²) >= 11 is 0. The highest BCUT2D eigenvalue weighted by Crippen LogP contribution is 2.37. The van der Waals surface area contributed by atoms with Crippen LogP contribution in [0.4, 0.5) is 5.69 Å². The highest BCUT2D eigenvalue weighted by atomic mass is 16.5. The van der Waals surface area contributed by atoms with Crippen molar-refractivity contribution in [2.24, 2.45) is 0 Å². The standard InChI is InChI=1S/C22H19NO4/c1-27-17-12-11-16(23-22(26)13-7-3-2-4-8-13)18-19(17)21(25)15-10-6-5-9-14(15)20(18)24/h5-7,9-12H,2-4,8H2,1H3,(H,23,26). The Morgan fingerprint density at radius 2 is 1.67 bits per heavy atom. The maximum atomic E-state index is 13.1. The summed E-state index contributed by atoms with van der Waals surface area (Å²) < 4.78 is 5.33. The van der Waals surface area contributed by atoms with Crippen LogP contribution >= 0.6 is 0 Å². The molecule has 2 aromatic rings. The zero-order chi connectivity index (χ0) is 19.0. The molecule has 136 valence electrons. The van der Waals surface area contributed by atoms with E-state index in [9.17, 15) is 14.4 Å². The van der Waals surface area contributed by atoms with Crippen LogP contribution in [0.2, 0.25) is 0 Å². The molecule has 2 aliphatic carbocycles. The fourth-order valence-electron chi connectivity index (χ4n) is 3.71. The van der Waals surface area contributed by atoms with E-state index >= 15 is 0 Å². The van der Waals surface area contributed by atoms with E-state index in [1.165, 1.54) is 7.11 Å². The first-order valence-electron chi connectivity index (χ1n) is 9.01. The number of hydrogen-bond donors (Lipinski definition) is 1. The molecule has 0 saturated carbocycles. The molecular weight excluding hydrogens is 342 g/mol. The Kier molecular flexibility index (Phi) is 4.36. The van der Waals surface area contributed by atoms with Gasteiger partial charge in [0.05, 0.1) is 23.9 Å². The summed E-state index contributed by atoms with van der Waals surface area (Å²) in [6.07, 6.45) is 5.61. The summed E-state index contributed by atoms with van der Waals surface area (Å²) in [6, 6.07) is 9.95. The zero-order valence-corrected chi connectivity index (χ0v) is 15.0. The lowest BCUT2D eigenvalue weighted by Gasteiger charge is -2.23. The molecule has 0 fully saturated rings. The number of ketones is 2. The Bertz CT molecular complexity index is 1000. The van der Waals surface area contributed by atoms with Gasteiger partial charge in [-0.05, 0) is 37.8 Å². The third-order valence-electron chi connectivity index (χ3n) is 5.09. The largest absolute Gasteiger partial charge is 0.496 e. The van der Waals surface area contributed by atoms with Crippen LogP contribution in [0.1, 0.15) is 57.5 Å². The summed E-state index contributed by atoms with van der Waals surface area (Å²) in [5.74, 6) is -0.453. The topological polar surface area (TPSA) is 72.5 Å². The number of amides is 1. The second kappa shape index (κ2) is 6.83. The fourth-order valence-corrected chi connectivity index (χ4v) is 3.71. The van der Waals surface area contributed by atoms with Gasteiger partial charge >= 0.3 is 0 Å². The molecular formula is C22H19NO4. The monoisotopic (exact) mass is 361 g/mol. The lowest BCUT2D eigenvalue weighted by molar-refractivity contribution is -0.113. The van der Waals surface area contributed by atoms with Gasteiger partial charge in [-0.1, -0.05) is 30.3 Å². The molecule has 0 saturated heterocycles. The van der Waals surface area contributed by atoms with Gasteiger partial charge in [-0.15, -0.1) is 0 Å².